The van der Waals surface area contributed by atoms with Crippen molar-refractivity contribution in [2.45, 2.75) is 64.2 Å². The van der Waals surface area contributed by atoms with Crippen molar-refractivity contribution in [2.75, 3.05) is 0 Å². The zero-order valence-corrected chi connectivity index (χ0v) is 67.8. The number of hydrogen-bond acceptors (Lipinski definition) is 0. The van der Waals surface area contributed by atoms with E-state index in [4.69, 9.17) is 0 Å². The summed E-state index contributed by atoms with van der Waals surface area (Å²) in [4.78, 5) is 0. The molecule has 0 amide bonds. The molecule has 5 aromatic rings. The van der Waals surface area contributed by atoms with Crippen molar-refractivity contribution in [3.05, 3.63) is 266 Å². The second-order valence-corrected chi connectivity index (χ2v) is 16.8. The zero-order valence-electron chi connectivity index (χ0n) is 38.9. The standard InChI is InChI=1S/5C12H9.5W.5Y/c5*1-2-6-11-9(4-1)8-10-5-3-7-12(10)11;;;;;;;;;;/h2-6H,7-8H2;1,3-6H,7-8H2;1-3,5-6H,7-8H2;1-4,6H,7-8H2;1-5H,7-8H2;;;;;;;;;;/q5*-1;;;;;;;;;;. The van der Waals surface area contributed by atoms with Crippen LogP contribution >= 0.6 is 0 Å². The molecule has 0 saturated carbocycles. The molecule has 0 aliphatic heterocycles. The molecule has 5 radical (unpaired) electrons. The summed E-state index contributed by atoms with van der Waals surface area (Å²) in [7, 11) is 0. The molecule has 0 unspecified atom stereocenters. The predicted molar refractivity (Wildman–Crippen MR) is 248 cm³/mol. The van der Waals surface area contributed by atoms with Gasteiger partial charge in [0.15, 0.2) is 0 Å². The van der Waals surface area contributed by atoms with Crippen LogP contribution in [0.2, 0.25) is 0 Å². The van der Waals surface area contributed by atoms with E-state index in [-0.39, 0.29) is 269 Å². The van der Waals surface area contributed by atoms with Crippen LogP contribution in [0.1, 0.15) is 87.7 Å². The SMILES string of the molecule is [C-]1=CCC2=C1Cc1ccccc12.[W].[W].[W].[W].[W].[Y].[Y].[Y].[Y].[Y].[c-]1ccc2c(c1)C1=C(C=CC1)C2.[c-]1ccc2c(c1)CC1=C2CC=C1.[c-]1cccc2c1C1=C(C=CC1)C2.[c-]1cccc2c1CC1=C2CC=C1. The summed E-state index contributed by atoms with van der Waals surface area (Å²) in [6, 6.07) is 46.8. The van der Waals surface area contributed by atoms with Crippen LogP contribution < -0.4 is 0 Å². The van der Waals surface area contributed by atoms with Gasteiger partial charge < -0.3 is 0 Å². The van der Waals surface area contributed by atoms with Gasteiger partial charge in [-0.1, -0.05) is 124 Å². The third-order valence-electron chi connectivity index (χ3n) is 13.3. The summed E-state index contributed by atoms with van der Waals surface area (Å²) in [6.07, 6.45) is 34.6. The van der Waals surface area contributed by atoms with Crippen LogP contribution in [0.4, 0.5) is 0 Å². The molecule has 0 saturated heterocycles. The van der Waals surface area contributed by atoms with Gasteiger partial charge in [-0.2, -0.15) is 90.0 Å². The summed E-state index contributed by atoms with van der Waals surface area (Å²) >= 11 is 0. The van der Waals surface area contributed by atoms with Crippen LogP contribution in [0.5, 0.6) is 0 Å². The quantitative estimate of drug-likeness (QED) is 0.136. The number of allylic oxidation sites excluding steroid dienone is 20. The maximum atomic E-state index is 3.32. The van der Waals surface area contributed by atoms with Crippen molar-refractivity contribution >= 4 is 27.9 Å². The Bertz CT molecular complexity index is 2480. The summed E-state index contributed by atoms with van der Waals surface area (Å²) in [5, 5.41) is 0. The molecule has 0 N–H and O–H groups in total. The van der Waals surface area contributed by atoms with Crippen LogP contribution in [0.25, 0.3) is 27.9 Å². The third kappa shape index (κ3) is 15.6. The molecule has 10 heteroatoms. The minimum Gasteiger partial charge on any atom is -0.252 e. The summed E-state index contributed by atoms with van der Waals surface area (Å²) in [6.45, 7) is 0. The van der Waals surface area contributed by atoms with Gasteiger partial charge in [-0.3, -0.25) is 6.08 Å². The molecule has 0 bridgehead atoms. The Balaban J connectivity index is 0.000000422. The van der Waals surface area contributed by atoms with Crippen molar-refractivity contribution in [2.24, 2.45) is 0 Å². The molecule has 335 valence electrons. The molecule has 0 atom stereocenters. The first-order valence-corrected chi connectivity index (χ1v) is 21.7. The van der Waals surface area contributed by atoms with Crippen LogP contribution in [0.3, 0.4) is 0 Å². The Hall–Kier alpha value is 2.46. The summed E-state index contributed by atoms with van der Waals surface area (Å²) in [5.41, 5.74) is 29.4. The fraction of sp³-hybridized carbons (Fsp3) is 0.167. The fourth-order valence-corrected chi connectivity index (χ4v) is 10.5. The van der Waals surface area contributed by atoms with Crippen molar-refractivity contribution in [1.82, 2.24) is 0 Å². The second-order valence-electron chi connectivity index (χ2n) is 16.8. The number of fused-ring (bicyclic) bond motifs is 10. The van der Waals surface area contributed by atoms with Gasteiger partial charge in [0.25, 0.3) is 0 Å². The Morgan fingerprint density at radius 2 is 0.857 bits per heavy atom. The molecule has 0 heterocycles. The van der Waals surface area contributed by atoms with Gasteiger partial charge in [0.2, 0.25) is 0 Å². The molecule has 0 nitrogen and oxygen atoms in total. The van der Waals surface area contributed by atoms with Gasteiger partial charge in [0.05, 0.1) is 0 Å². The van der Waals surface area contributed by atoms with Gasteiger partial charge in [0.1, 0.15) is 0 Å². The Morgan fingerprint density at radius 3 is 1.59 bits per heavy atom. The monoisotopic (exact) mass is 2130 g/mol. The maximum Gasteiger partial charge on any atom is 0 e. The van der Waals surface area contributed by atoms with Gasteiger partial charge in [0, 0.05) is 269 Å². The predicted octanol–water partition coefficient (Wildman–Crippen LogP) is 13.8. The van der Waals surface area contributed by atoms with E-state index in [1.54, 1.807) is 5.57 Å². The molecule has 0 aromatic heterocycles. The zero-order chi connectivity index (χ0) is 39.8. The van der Waals surface area contributed by atoms with Crippen molar-refractivity contribution < 1.29 is 269 Å². The van der Waals surface area contributed by atoms with Crippen molar-refractivity contribution in [3.8, 4) is 0 Å². The van der Waals surface area contributed by atoms with Crippen LogP contribution in [0, 0.1) is 30.3 Å². The van der Waals surface area contributed by atoms with E-state index in [0.29, 0.717) is 0 Å². The van der Waals surface area contributed by atoms with E-state index in [1.807, 2.05) is 24.3 Å². The Morgan fingerprint density at radius 1 is 0.357 bits per heavy atom. The molecule has 10 aliphatic rings. The van der Waals surface area contributed by atoms with Crippen molar-refractivity contribution in [1.29, 1.82) is 0 Å². The smallest absolute Gasteiger partial charge is 0 e. The van der Waals surface area contributed by atoms with E-state index in [0.717, 1.165) is 64.2 Å². The van der Waals surface area contributed by atoms with Crippen LogP contribution in [-0.4, -0.2) is 0 Å². The summed E-state index contributed by atoms with van der Waals surface area (Å²) < 4.78 is 0. The van der Waals surface area contributed by atoms with Crippen LogP contribution in [-0.2, 0) is 301 Å². The molecular weight excluding hydrogens is 2080 g/mol. The topological polar surface area (TPSA) is 0 Å². The molecule has 15 rings (SSSR count). The van der Waals surface area contributed by atoms with Crippen LogP contribution in [0.15, 0.2) is 180 Å². The number of hydrogen-bond donors (Lipinski definition) is 0. The first-order chi connectivity index (χ1) is 29.7. The first kappa shape index (κ1) is 70.5. The molecule has 70 heavy (non-hydrogen) atoms. The van der Waals surface area contributed by atoms with E-state index in [1.165, 1.54) is 106 Å². The molecule has 10 aliphatic carbocycles. The molecule has 0 spiro atoms. The normalized spacial score (nSPS) is 15.7. The van der Waals surface area contributed by atoms with Gasteiger partial charge in [-0.05, 0) is 57.8 Å². The molecule has 5 aromatic carbocycles. The minimum atomic E-state index is 0. The largest absolute Gasteiger partial charge is 0.252 e. The van der Waals surface area contributed by atoms with Gasteiger partial charge in [-0.25, -0.2) is 5.57 Å². The Kier molecular flexibility index (Phi) is 34.0. The first-order valence-electron chi connectivity index (χ1n) is 21.7. The maximum absolute atomic E-state index is 3.32. The average molecular weight is 2130 g/mol. The van der Waals surface area contributed by atoms with E-state index in [2.05, 4.69) is 158 Å². The van der Waals surface area contributed by atoms with Gasteiger partial charge in [-0.15, -0.1) is 74.3 Å². The number of rotatable bonds is 0. The third-order valence-corrected chi connectivity index (χ3v) is 13.3. The van der Waals surface area contributed by atoms with Gasteiger partial charge >= 0.3 is 0 Å². The van der Waals surface area contributed by atoms with E-state index in [9.17, 15) is 0 Å². The van der Waals surface area contributed by atoms with E-state index >= 15 is 0 Å². The van der Waals surface area contributed by atoms with E-state index < -0.39 is 0 Å². The molecular formula is C60H45W5Y5-5. The number of benzene rings is 5. The fourth-order valence-electron chi connectivity index (χ4n) is 10.5. The average Bonchev–Trinajstić information content (AvgIpc) is 4.12. The minimum absolute atomic E-state index is 0. The Labute approximate surface area is 615 Å². The van der Waals surface area contributed by atoms with Crippen molar-refractivity contribution in [3.63, 3.8) is 0 Å². The summed E-state index contributed by atoms with van der Waals surface area (Å²) in [5.74, 6) is 0. The second kappa shape index (κ2) is 33.8. The molecule has 0 fully saturated rings.